The third-order valence-corrected chi connectivity index (χ3v) is 2.77. The van der Waals surface area contributed by atoms with E-state index in [-0.39, 0.29) is 12.3 Å². The van der Waals surface area contributed by atoms with Crippen LogP contribution >= 0.6 is 0 Å². The van der Waals surface area contributed by atoms with E-state index in [0.717, 1.165) is 5.56 Å². The number of carbonyl (C=O) groups excluding carboxylic acids is 2. The van der Waals surface area contributed by atoms with Gasteiger partial charge in [-0.3, -0.25) is 4.90 Å². The van der Waals surface area contributed by atoms with Gasteiger partial charge < -0.3 is 14.6 Å². The first-order valence-corrected chi connectivity index (χ1v) is 6.04. The lowest BCUT2D eigenvalue weighted by Crippen LogP contribution is -2.26. The molecule has 6 nitrogen and oxygen atoms in total. The molecule has 0 spiro atoms. The zero-order valence-electron chi connectivity index (χ0n) is 10.6. The predicted octanol–water partition coefficient (Wildman–Crippen LogP) is 1.31. The van der Waals surface area contributed by atoms with Crippen LogP contribution in [0.3, 0.4) is 0 Å². The smallest absolute Gasteiger partial charge is 0.418 e. The minimum absolute atomic E-state index is 0.00473. The van der Waals surface area contributed by atoms with Crippen molar-refractivity contribution in [3.63, 3.8) is 0 Å². The molecule has 1 heterocycles. The maximum atomic E-state index is 11.2. The molecular formula is C13H15NO5. The zero-order chi connectivity index (χ0) is 13.8. The zero-order valence-corrected chi connectivity index (χ0v) is 10.6. The van der Waals surface area contributed by atoms with Crippen molar-refractivity contribution in [3.8, 4) is 11.5 Å². The quantitative estimate of drug-likeness (QED) is 0.641. The van der Waals surface area contributed by atoms with Gasteiger partial charge in [0, 0.05) is 6.54 Å². The highest BCUT2D eigenvalue weighted by Gasteiger charge is 2.28. The van der Waals surface area contributed by atoms with E-state index >= 15 is 0 Å². The summed E-state index contributed by atoms with van der Waals surface area (Å²) in [5.41, 5.74) is 0.911. The molecule has 1 aromatic rings. The fourth-order valence-electron chi connectivity index (χ4n) is 1.83. The SMILES string of the molecule is CCOc1cc(CCN2CC(=O)OC2=O)ccc1O. The summed E-state index contributed by atoms with van der Waals surface area (Å²) in [6, 6.07) is 5.02. The van der Waals surface area contributed by atoms with Gasteiger partial charge in [-0.1, -0.05) is 6.07 Å². The van der Waals surface area contributed by atoms with Crippen LogP contribution in [-0.2, 0) is 16.0 Å². The second-order valence-electron chi connectivity index (χ2n) is 4.15. The number of ether oxygens (including phenoxy) is 2. The minimum atomic E-state index is -0.603. The number of hydrogen-bond donors (Lipinski definition) is 1. The lowest BCUT2D eigenvalue weighted by molar-refractivity contribution is -0.132. The Kier molecular flexibility index (Phi) is 3.89. The average Bonchev–Trinajstić information content (AvgIpc) is 2.69. The Morgan fingerprint density at radius 1 is 1.42 bits per heavy atom. The van der Waals surface area contributed by atoms with Crippen LogP contribution in [0.4, 0.5) is 4.79 Å². The van der Waals surface area contributed by atoms with E-state index in [9.17, 15) is 14.7 Å². The molecule has 1 aliphatic rings. The molecule has 0 aromatic heterocycles. The van der Waals surface area contributed by atoms with Crippen molar-refractivity contribution in [2.75, 3.05) is 19.7 Å². The van der Waals surface area contributed by atoms with Crippen molar-refractivity contribution in [3.05, 3.63) is 23.8 Å². The van der Waals surface area contributed by atoms with Gasteiger partial charge in [0.05, 0.1) is 6.61 Å². The number of phenols is 1. The second-order valence-corrected chi connectivity index (χ2v) is 4.15. The van der Waals surface area contributed by atoms with Gasteiger partial charge in [-0.2, -0.15) is 0 Å². The summed E-state index contributed by atoms with van der Waals surface area (Å²) < 4.78 is 9.70. The molecule has 1 aliphatic heterocycles. The Morgan fingerprint density at radius 3 is 2.84 bits per heavy atom. The maximum absolute atomic E-state index is 11.2. The van der Waals surface area contributed by atoms with E-state index in [0.29, 0.717) is 25.3 Å². The van der Waals surface area contributed by atoms with Crippen molar-refractivity contribution < 1.29 is 24.2 Å². The molecule has 0 unspecified atom stereocenters. The fourth-order valence-corrected chi connectivity index (χ4v) is 1.83. The minimum Gasteiger partial charge on any atom is -0.504 e. The van der Waals surface area contributed by atoms with Crippen LogP contribution in [0.5, 0.6) is 11.5 Å². The van der Waals surface area contributed by atoms with Crippen LogP contribution in [0.2, 0.25) is 0 Å². The molecule has 1 saturated heterocycles. The van der Waals surface area contributed by atoms with Gasteiger partial charge in [-0.05, 0) is 31.0 Å². The number of cyclic esters (lactones) is 2. The summed E-state index contributed by atoms with van der Waals surface area (Å²) in [4.78, 5) is 23.5. The fraction of sp³-hybridized carbons (Fsp3) is 0.385. The summed E-state index contributed by atoms with van der Waals surface area (Å²) >= 11 is 0. The Morgan fingerprint density at radius 2 is 2.21 bits per heavy atom. The standard InChI is InChI=1S/C13H15NO5/c1-2-18-11-7-9(3-4-10(11)15)5-6-14-8-12(16)19-13(14)17/h3-4,7,15H,2,5-6,8H2,1H3. The number of phenolic OH excluding ortho intramolecular Hbond substituents is 1. The van der Waals surface area contributed by atoms with E-state index in [1.54, 1.807) is 18.2 Å². The van der Waals surface area contributed by atoms with Crippen LogP contribution in [0.15, 0.2) is 18.2 Å². The number of aromatic hydroxyl groups is 1. The summed E-state index contributed by atoms with van der Waals surface area (Å²) in [6.45, 7) is 2.68. The van der Waals surface area contributed by atoms with Gasteiger partial charge in [0.25, 0.3) is 0 Å². The molecule has 102 valence electrons. The summed E-state index contributed by atoms with van der Waals surface area (Å²) in [5, 5.41) is 9.57. The maximum Gasteiger partial charge on any atom is 0.418 e. The first kappa shape index (κ1) is 13.2. The molecule has 0 aliphatic carbocycles. The number of hydrogen-bond acceptors (Lipinski definition) is 5. The van der Waals surface area contributed by atoms with Crippen LogP contribution < -0.4 is 4.74 Å². The van der Waals surface area contributed by atoms with Crippen molar-refractivity contribution >= 4 is 12.1 Å². The first-order chi connectivity index (χ1) is 9.10. The van der Waals surface area contributed by atoms with Crippen LogP contribution in [-0.4, -0.2) is 41.8 Å². The molecule has 1 aromatic carbocycles. The topological polar surface area (TPSA) is 76.1 Å². The van der Waals surface area contributed by atoms with Crippen LogP contribution in [0, 0.1) is 0 Å². The number of nitrogens with zero attached hydrogens (tertiary/aromatic N) is 1. The van der Waals surface area contributed by atoms with Crippen molar-refractivity contribution in [2.24, 2.45) is 0 Å². The first-order valence-electron chi connectivity index (χ1n) is 6.04. The molecule has 0 saturated carbocycles. The molecule has 1 N–H and O–H groups in total. The van der Waals surface area contributed by atoms with Crippen molar-refractivity contribution in [1.82, 2.24) is 4.90 Å². The van der Waals surface area contributed by atoms with Gasteiger partial charge in [-0.15, -0.1) is 0 Å². The van der Waals surface area contributed by atoms with E-state index in [1.807, 2.05) is 6.92 Å². The van der Waals surface area contributed by atoms with Gasteiger partial charge in [0.15, 0.2) is 11.5 Å². The summed E-state index contributed by atoms with van der Waals surface area (Å²) in [5.74, 6) is -0.0212. The Bertz CT molecular complexity index is 500. The lowest BCUT2D eigenvalue weighted by Gasteiger charge is -2.12. The normalized spacial score (nSPS) is 14.7. The molecule has 1 amide bonds. The number of rotatable bonds is 5. The molecule has 0 radical (unpaired) electrons. The number of amides is 1. The third-order valence-electron chi connectivity index (χ3n) is 2.77. The molecule has 0 bridgehead atoms. The highest BCUT2D eigenvalue weighted by molar-refractivity contribution is 5.92. The van der Waals surface area contributed by atoms with Crippen LogP contribution in [0.1, 0.15) is 12.5 Å². The van der Waals surface area contributed by atoms with E-state index in [4.69, 9.17) is 4.74 Å². The van der Waals surface area contributed by atoms with Crippen molar-refractivity contribution in [1.29, 1.82) is 0 Å². The van der Waals surface area contributed by atoms with E-state index in [2.05, 4.69) is 4.74 Å². The van der Waals surface area contributed by atoms with E-state index < -0.39 is 12.1 Å². The van der Waals surface area contributed by atoms with Crippen LogP contribution in [0.25, 0.3) is 0 Å². The average molecular weight is 265 g/mol. The third kappa shape index (κ3) is 3.15. The number of benzene rings is 1. The molecular weight excluding hydrogens is 250 g/mol. The van der Waals surface area contributed by atoms with Crippen molar-refractivity contribution in [2.45, 2.75) is 13.3 Å². The van der Waals surface area contributed by atoms with Gasteiger partial charge in [0.1, 0.15) is 6.54 Å². The Balaban J connectivity index is 1.98. The van der Waals surface area contributed by atoms with Gasteiger partial charge >= 0.3 is 12.1 Å². The Labute approximate surface area is 110 Å². The predicted molar refractivity (Wildman–Crippen MR) is 66.0 cm³/mol. The molecule has 2 rings (SSSR count). The second kappa shape index (κ2) is 5.60. The molecule has 1 fully saturated rings. The summed E-state index contributed by atoms with van der Waals surface area (Å²) in [7, 11) is 0. The number of carbonyl (C=O) groups is 2. The highest BCUT2D eigenvalue weighted by Crippen LogP contribution is 2.27. The van der Waals surface area contributed by atoms with E-state index in [1.165, 1.54) is 4.90 Å². The highest BCUT2D eigenvalue weighted by atomic mass is 16.6. The lowest BCUT2D eigenvalue weighted by atomic mass is 10.1. The monoisotopic (exact) mass is 265 g/mol. The van der Waals surface area contributed by atoms with Gasteiger partial charge in [0.2, 0.25) is 0 Å². The van der Waals surface area contributed by atoms with Gasteiger partial charge in [-0.25, -0.2) is 9.59 Å². The Hall–Kier alpha value is -2.24. The summed E-state index contributed by atoms with van der Waals surface area (Å²) in [6.07, 6.45) is -0.0447. The molecule has 19 heavy (non-hydrogen) atoms. The molecule has 0 atom stereocenters. The molecule has 6 heteroatoms. The number of esters is 1. The largest absolute Gasteiger partial charge is 0.504 e.